The van der Waals surface area contributed by atoms with Crippen molar-refractivity contribution in [3.05, 3.63) is 72.2 Å². The molecule has 0 N–H and O–H groups in total. The van der Waals surface area contributed by atoms with Gasteiger partial charge in [-0.1, -0.05) is 25.0 Å². The minimum Gasteiger partial charge on any atom is -0.497 e. The summed E-state index contributed by atoms with van der Waals surface area (Å²) in [5.41, 5.74) is 3.46. The summed E-state index contributed by atoms with van der Waals surface area (Å²) < 4.78 is 7.44. The van der Waals surface area contributed by atoms with Crippen LogP contribution in [0, 0.1) is 0 Å². The van der Waals surface area contributed by atoms with E-state index in [0.29, 0.717) is 6.04 Å². The zero-order chi connectivity index (χ0) is 23.6. The van der Waals surface area contributed by atoms with Gasteiger partial charge in [-0.2, -0.15) is 0 Å². The lowest BCUT2D eigenvalue weighted by Gasteiger charge is -2.40. The van der Waals surface area contributed by atoms with Gasteiger partial charge >= 0.3 is 0 Å². The Morgan fingerprint density at radius 2 is 1.74 bits per heavy atom. The van der Waals surface area contributed by atoms with Gasteiger partial charge in [0.05, 0.1) is 24.7 Å². The first-order valence-electron chi connectivity index (χ1n) is 12.6. The van der Waals surface area contributed by atoms with E-state index in [1.165, 1.54) is 24.1 Å². The molecule has 1 atom stereocenters. The Hall–Kier alpha value is -3.52. The summed E-state index contributed by atoms with van der Waals surface area (Å²) in [4.78, 5) is 9.50. The lowest BCUT2D eigenvalue weighted by atomic mass is 10.0. The number of fused-ring (bicyclic) bond motifs is 1. The van der Waals surface area contributed by atoms with Crippen LogP contribution in [0.15, 0.2) is 60.8 Å². The number of piperazine rings is 1. The molecule has 8 nitrogen and oxygen atoms in total. The summed E-state index contributed by atoms with van der Waals surface area (Å²) >= 11 is 0. The SMILES string of the molecule is COc1ccc(N2CCN(C(c3ccc4ncccc4c3)c3nnnn3C3CCCC3)CC2)cc1. The molecule has 0 amide bonds. The molecule has 1 saturated carbocycles. The van der Waals surface area contributed by atoms with Crippen LogP contribution < -0.4 is 9.64 Å². The Labute approximate surface area is 205 Å². The molecule has 1 unspecified atom stereocenters. The number of methoxy groups -OCH3 is 1. The Balaban J connectivity index is 1.31. The monoisotopic (exact) mass is 469 g/mol. The summed E-state index contributed by atoms with van der Waals surface area (Å²) in [6, 6.07) is 19.5. The van der Waals surface area contributed by atoms with Crippen molar-refractivity contribution >= 4 is 16.6 Å². The van der Waals surface area contributed by atoms with Crippen LogP contribution in [0.2, 0.25) is 0 Å². The molecular formula is C27H31N7O. The Kier molecular flexibility index (Phi) is 6.04. The van der Waals surface area contributed by atoms with E-state index in [2.05, 4.69) is 71.4 Å². The van der Waals surface area contributed by atoms with Gasteiger partial charge in [-0.25, -0.2) is 4.68 Å². The van der Waals surface area contributed by atoms with E-state index in [1.807, 2.05) is 24.4 Å². The summed E-state index contributed by atoms with van der Waals surface area (Å²) in [7, 11) is 1.70. The standard InChI is InChI=1S/C27H31N7O/c1-35-24-11-9-22(10-12-24)32-15-17-33(18-16-32)26(21-8-13-25-20(19-21)5-4-14-28-25)27-29-30-31-34(27)23-6-2-3-7-23/h4-5,8-14,19,23,26H,2-3,6-7,15-18H2,1H3. The summed E-state index contributed by atoms with van der Waals surface area (Å²) in [5, 5.41) is 14.4. The van der Waals surface area contributed by atoms with Crippen molar-refractivity contribution in [2.75, 3.05) is 38.2 Å². The van der Waals surface area contributed by atoms with Crippen LogP contribution in [0.5, 0.6) is 5.75 Å². The van der Waals surface area contributed by atoms with Gasteiger partial charge < -0.3 is 9.64 Å². The lowest BCUT2D eigenvalue weighted by Crippen LogP contribution is -2.48. The van der Waals surface area contributed by atoms with Gasteiger partial charge in [0.15, 0.2) is 5.82 Å². The maximum atomic E-state index is 5.33. The van der Waals surface area contributed by atoms with Gasteiger partial charge in [0.2, 0.25) is 0 Å². The van der Waals surface area contributed by atoms with Gasteiger partial charge in [-0.15, -0.1) is 5.10 Å². The number of ether oxygens (including phenoxy) is 1. The highest BCUT2D eigenvalue weighted by Crippen LogP contribution is 2.35. The fraction of sp³-hybridized carbons (Fsp3) is 0.407. The molecule has 4 aromatic rings. The summed E-state index contributed by atoms with van der Waals surface area (Å²) in [6.45, 7) is 3.75. The number of tetrazole rings is 1. The average molecular weight is 470 g/mol. The summed E-state index contributed by atoms with van der Waals surface area (Å²) in [5.74, 6) is 1.84. The van der Waals surface area contributed by atoms with Gasteiger partial charge in [0.1, 0.15) is 5.75 Å². The number of hydrogen-bond acceptors (Lipinski definition) is 7. The van der Waals surface area contributed by atoms with E-state index in [-0.39, 0.29) is 6.04 Å². The Morgan fingerprint density at radius 1 is 0.943 bits per heavy atom. The molecule has 1 aliphatic carbocycles. The number of hydrogen-bond donors (Lipinski definition) is 0. The maximum Gasteiger partial charge on any atom is 0.173 e. The molecule has 3 heterocycles. The van der Waals surface area contributed by atoms with E-state index < -0.39 is 0 Å². The number of benzene rings is 2. The van der Waals surface area contributed by atoms with Crippen LogP contribution in [0.4, 0.5) is 5.69 Å². The van der Waals surface area contributed by atoms with Gasteiger partial charge in [-0.3, -0.25) is 9.88 Å². The molecule has 2 aromatic heterocycles. The molecule has 1 saturated heterocycles. The number of anilines is 1. The van der Waals surface area contributed by atoms with Crippen LogP contribution in [-0.2, 0) is 0 Å². The predicted octanol–water partition coefficient (Wildman–Crippen LogP) is 4.26. The fourth-order valence-electron chi connectivity index (χ4n) is 5.61. The topological polar surface area (TPSA) is 72.2 Å². The second-order valence-corrected chi connectivity index (χ2v) is 9.50. The van der Waals surface area contributed by atoms with Crippen molar-refractivity contribution in [2.45, 2.75) is 37.8 Å². The van der Waals surface area contributed by atoms with Crippen LogP contribution in [0.3, 0.4) is 0 Å². The minimum absolute atomic E-state index is 0.00761. The molecule has 1 aliphatic heterocycles. The second kappa shape index (κ2) is 9.62. The van der Waals surface area contributed by atoms with E-state index in [0.717, 1.165) is 61.5 Å². The molecule has 6 rings (SSSR count). The van der Waals surface area contributed by atoms with Gasteiger partial charge in [0.25, 0.3) is 0 Å². The van der Waals surface area contributed by atoms with Crippen molar-refractivity contribution in [2.24, 2.45) is 0 Å². The third-order valence-electron chi connectivity index (χ3n) is 7.49. The maximum absolute atomic E-state index is 5.33. The van der Waals surface area contributed by atoms with Crippen molar-refractivity contribution in [1.82, 2.24) is 30.1 Å². The predicted molar refractivity (Wildman–Crippen MR) is 136 cm³/mol. The number of rotatable bonds is 6. The van der Waals surface area contributed by atoms with E-state index in [4.69, 9.17) is 4.74 Å². The molecule has 2 fully saturated rings. The Bertz CT molecular complexity index is 1270. The van der Waals surface area contributed by atoms with Crippen molar-refractivity contribution < 1.29 is 4.74 Å². The van der Waals surface area contributed by atoms with Crippen LogP contribution in [0.25, 0.3) is 10.9 Å². The number of aromatic nitrogens is 5. The highest BCUT2D eigenvalue weighted by molar-refractivity contribution is 5.79. The first kappa shape index (κ1) is 22.0. The van der Waals surface area contributed by atoms with Gasteiger partial charge in [-0.05, 0) is 71.3 Å². The molecular weight excluding hydrogens is 438 g/mol. The van der Waals surface area contributed by atoms with Crippen molar-refractivity contribution in [3.8, 4) is 5.75 Å². The number of nitrogens with zero attached hydrogens (tertiary/aromatic N) is 7. The van der Waals surface area contributed by atoms with Crippen LogP contribution in [-0.4, -0.2) is 63.4 Å². The summed E-state index contributed by atoms with van der Waals surface area (Å²) in [6.07, 6.45) is 6.64. The molecule has 35 heavy (non-hydrogen) atoms. The van der Waals surface area contributed by atoms with Gasteiger partial charge in [0, 0.05) is 43.4 Å². The van der Waals surface area contributed by atoms with E-state index in [9.17, 15) is 0 Å². The van der Waals surface area contributed by atoms with Crippen molar-refractivity contribution in [3.63, 3.8) is 0 Å². The lowest BCUT2D eigenvalue weighted by molar-refractivity contribution is 0.198. The fourth-order valence-corrected chi connectivity index (χ4v) is 5.61. The van der Waals surface area contributed by atoms with E-state index in [1.54, 1.807) is 7.11 Å². The van der Waals surface area contributed by atoms with Crippen LogP contribution in [0.1, 0.15) is 49.2 Å². The molecule has 0 radical (unpaired) electrons. The third-order valence-corrected chi connectivity index (χ3v) is 7.49. The third kappa shape index (κ3) is 4.34. The highest BCUT2D eigenvalue weighted by atomic mass is 16.5. The van der Waals surface area contributed by atoms with Crippen molar-refractivity contribution in [1.29, 1.82) is 0 Å². The molecule has 2 aliphatic rings. The first-order valence-corrected chi connectivity index (χ1v) is 12.6. The van der Waals surface area contributed by atoms with Crippen LogP contribution >= 0.6 is 0 Å². The quantitative estimate of drug-likeness (QED) is 0.418. The molecule has 2 aromatic carbocycles. The molecule has 0 bridgehead atoms. The smallest absolute Gasteiger partial charge is 0.173 e. The molecule has 8 heteroatoms. The normalized spacial score (nSPS) is 18.3. The Morgan fingerprint density at radius 3 is 2.51 bits per heavy atom. The minimum atomic E-state index is 0.00761. The van der Waals surface area contributed by atoms with E-state index >= 15 is 0 Å². The molecule has 0 spiro atoms. The zero-order valence-corrected chi connectivity index (χ0v) is 20.1. The highest BCUT2D eigenvalue weighted by Gasteiger charge is 2.33. The zero-order valence-electron chi connectivity index (χ0n) is 20.1. The molecule has 180 valence electrons. The first-order chi connectivity index (χ1) is 17.3. The largest absolute Gasteiger partial charge is 0.497 e. The second-order valence-electron chi connectivity index (χ2n) is 9.50. The number of pyridine rings is 1. The average Bonchev–Trinajstić information content (AvgIpc) is 3.62.